The van der Waals surface area contributed by atoms with Crippen molar-refractivity contribution in [1.29, 1.82) is 0 Å². The third kappa shape index (κ3) is 34.6. The number of phosphoric ester groups is 1. The van der Waals surface area contributed by atoms with Crippen LogP contribution >= 0.6 is 7.82 Å². The van der Waals surface area contributed by atoms with Crippen LogP contribution in [0, 0.1) is 0 Å². The number of phosphoric acid groups is 1. The summed E-state index contributed by atoms with van der Waals surface area (Å²) in [5.41, 5.74) is 5.28. The summed E-state index contributed by atoms with van der Waals surface area (Å²) in [7, 11) is -5.25. The number of hydrogen-bond acceptors (Lipinski definition) is 8. The quantitative estimate of drug-likeness (QED) is 0.0280. The molecule has 9 nitrogen and oxygen atoms in total. The standard InChI is InChI=1S/C38H74NO8P/c1-3-5-7-9-11-13-15-17-19-20-22-24-26-28-30-37(40)44-34-36(35-46-48(42,43)45-33-32-39)47-38(41)31-29-27-25-23-21-18-16-14-12-10-8-6-4-2/h14,16,36H,3-13,15,17-35,39H2,1-2H3,(H,42,43)/b16-14+/t36-/m1/s1/i34D2,35D2,36D. The molecule has 0 bridgehead atoms. The Morgan fingerprint density at radius 2 is 1.08 bits per heavy atom. The maximum atomic E-state index is 12.8. The number of carbonyl (C=O) groups excluding carboxylic acids is 2. The van der Waals surface area contributed by atoms with Gasteiger partial charge in [0, 0.05) is 19.4 Å². The van der Waals surface area contributed by atoms with Crippen LogP contribution in [0.2, 0.25) is 0 Å². The van der Waals surface area contributed by atoms with Crippen molar-refractivity contribution in [1.82, 2.24) is 0 Å². The van der Waals surface area contributed by atoms with Gasteiger partial charge in [-0.2, -0.15) is 0 Å². The zero-order valence-corrected chi connectivity index (χ0v) is 31.4. The molecule has 2 atom stereocenters. The summed E-state index contributed by atoms with van der Waals surface area (Å²) < 4.78 is 73.3. The Hall–Kier alpha value is -1.25. The van der Waals surface area contributed by atoms with Crippen LogP contribution in [0.5, 0.6) is 0 Å². The van der Waals surface area contributed by atoms with Crippen molar-refractivity contribution in [2.75, 3.05) is 26.3 Å². The number of esters is 2. The minimum atomic E-state index is -5.25. The zero-order chi connectivity index (χ0) is 39.9. The zero-order valence-electron chi connectivity index (χ0n) is 35.5. The maximum absolute atomic E-state index is 12.8. The topological polar surface area (TPSA) is 134 Å². The number of carbonyl (C=O) groups is 2. The van der Waals surface area contributed by atoms with E-state index in [0.29, 0.717) is 25.7 Å². The average Bonchev–Trinajstić information content (AvgIpc) is 3.08. The molecule has 0 spiro atoms. The van der Waals surface area contributed by atoms with Gasteiger partial charge in [0.1, 0.15) is 6.56 Å². The highest BCUT2D eigenvalue weighted by molar-refractivity contribution is 7.47. The molecule has 284 valence electrons. The number of rotatable bonds is 37. The summed E-state index contributed by atoms with van der Waals surface area (Å²) in [5, 5.41) is 0. The largest absolute Gasteiger partial charge is 0.472 e. The van der Waals surface area contributed by atoms with Gasteiger partial charge in [-0.05, 0) is 38.5 Å². The first-order valence-electron chi connectivity index (χ1n) is 21.6. The molecule has 0 aromatic heterocycles. The van der Waals surface area contributed by atoms with Gasteiger partial charge in [0.15, 0.2) is 6.08 Å². The smallest absolute Gasteiger partial charge is 0.462 e. The van der Waals surface area contributed by atoms with Crippen LogP contribution < -0.4 is 5.73 Å². The molecule has 1 unspecified atom stereocenters. The van der Waals surface area contributed by atoms with Gasteiger partial charge in [-0.3, -0.25) is 18.6 Å². The van der Waals surface area contributed by atoms with Crippen LogP contribution in [0.1, 0.15) is 194 Å². The molecule has 0 saturated heterocycles. The lowest BCUT2D eigenvalue weighted by atomic mass is 10.0. The van der Waals surface area contributed by atoms with Gasteiger partial charge in [0.05, 0.1) is 20.0 Å². The van der Waals surface area contributed by atoms with Crippen molar-refractivity contribution in [3.05, 3.63) is 12.2 Å². The van der Waals surface area contributed by atoms with Gasteiger partial charge in [-0.25, -0.2) is 4.57 Å². The fraction of sp³-hybridized carbons (Fsp3) is 0.895. The van der Waals surface area contributed by atoms with Crippen molar-refractivity contribution in [2.45, 2.75) is 193 Å². The van der Waals surface area contributed by atoms with Crippen LogP contribution in [0.15, 0.2) is 12.2 Å². The first-order chi connectivity index (χ1) is 25.2. The van der Waals surface area contributed by atoms with E-state index in [0.717, 1.165) is 51.4 Å². The highest BCUT2D eigenvalue weighted by Gasteiger charge is 2.25. The van der Waals surface area contributed by atoms with Crippen LogP contribution in [0.3, 0.4) is 0 Å². The van der Waals surface area contributed by atoms with Gasteiger partial charge in [0.25, 0.3) is 0 Å². The average molecular weight is 709 g/mol. The minimum Gasteiger partial charge on any atom is -0.462 e. The van der Waals surface area contributed by atoms with Crippen molar-refractivity contribution >= 4 is 19.8 Å². The molecule has 0 fully saturated rings. The Balaban J connectivity index is 4.95. The summed E-state index contributed by atoms with van der Waals surface area (Å²) >= 11 is 0. The number of ether oxygens (including phenoxy) is 2. The normalized spacial score (nSPS) is 16.3. The monoisotopic (exact) mass is 709 g/mol. The molecule has 0 heterocycles. The van der Waals surface area contributed by atoms with E-state index in [1.165, 1.54) is 83.5 Å². The summed E-state index contributed by atoms with van der Waals surface area (Å²) in [6.45, 7) is -3.73. The van der Waals surface area contributed by atoms with E-state index in [9.17, 15) is 19.0 Å². The second-order valence-electron chi connectivity index (χ2n) is 12.6. The van der Waals surface area contributed by atoms with Crippen LogP contribution in [-0.2, 0) is 32.7 Å². The molecule has 0 aromatic rings. The molecule has 3 N–H and O–H groups in total. The molecule has 0 rings (SSSR count). The van der Waals surface area contributed by atoms with Gasteiger partial charge in [0.2, 0.25) is 0 Å². The molecule has 0 saturated carbocycles. The van der Waals surface area contributed by atoms with Crippen LogP contribution in [0.4, 0.5) is 0 Å². The molecule has 0 aliphatic carbocycles. The van der Waals surface area contributed by atoms with E-state index in [4.69, 9.17) is 22.1 Å². The molecule has 0 aromatic carbocycles. The SMILES string of the molecule is [2H]C([2H])(OC(=O)CCCCCCCCCCCCCCCC)[C@@]([2H])(OC(=O)CCCCCCC/C=C/CCCCCC)C([2H])([2H])OP(=O)(O)OCCN. The second-order valence-corrected chi connectivity index (χ2v) is 14.0. The molecule has 0 radical (unpaired) electrons. The van der Waals surface area contributed by atoms with E-state index in [1.807, 2.05) is 0 Å². The molecule has 10 heteroatoms. The Bertz CT molecular complexity index is 1020. The Morgan fingerprint density at radius 1 is 0.667 bits per heavy atom. The summed E-state index contributed by atoms with van der Waals surface area (Å²) in [6, 6.07) is 0. The Morgan fingerprint density at radius 3 is 1.56 bits per heavy atom. The van der Waals surface area contributed by atoms with Crippen molar-refractivity contribution < 1.29 is 44.4 Å². The number of nitrogens with two attached hydrogens (primary N) is 1. The third-order valence-corrected chi connectivity index (χ3v) is 8.81. The maximum Gasteiger partial charge on any atom is 0.472 e. The van der Waals surface area contributed by atoms with Crippen LogP contribution in [-0.4, -0.2) is 49.2 Å². The van der Waals surface area contributed by atoms with Gasteiger partial charge < -0.3 is 20.1 Å². The fourth-order valence-electron chi connectivity index (χ4n) is 5.13. The second kappa shape index (κ2) is 35.6. The number of allylic oxidation sites excluding steroid dienone is 2. The number of hydrogen-bond donors (Lipinski definition) is 2. The van der Waals surface area contributed by atoms with Crippen molar-refractivity contribution in [2.24, 2.45) is 5.73 Å². The lowest BCUT2D eigenvalue weighted by Gasteiger charge is -2.19. The Labute approximate surface area is 301 Å². The highest BCUT2D eigenvalue weighted by Crippen LogP contribution is 2.43. The lowest BCUT2D eigenvalue weighted by molar-refractivity contribution is -0.161. The molecular formula is C38H74NO8P. The van der Waals surface area contributed by atoms with Crippen LogP contribution in [0.25, 0.3) is 0 Å². The van der Waals surface area contributed by atoms with E-state index in [-0.39, 0.29) is 19.4 Å². The van der Waals surface area contributed by atoms with E-state index in [1.54, 1.807) is 0 Å². The first kappa shape index (κ1) is 38.0. The van der Waals surface area contributed by atoms with E-state index < -0.39 is 45.6 Å². The molecule has 48 heavy (non-hydrogen) atoms. The number of unbranched alkanes of at least 4 members (excludes halogenated alkanes) is 22. The predicted octanol–water partition coefficient (Wildman–Crippen LogP) is 10.7. The predicted molar refractivity (Wildman–Crippen MR) is 197 cm³/mol. The minimum absolute atomic E-state index is 0.210. The highest BCUT2D eigenvalue weighted by atomic mass is 31.2. The molecule has 0 aliphatic heterocycles. The fourth-order valence-corrected chi connectivity index (χ4v) is 5.71. The Kier molecular flexibility index (Phi) is 28.2. The first-order valence-corrected chi connectivity index (χ1v) is 20.6. The van der Waals surface area contributed by atoms with Crippen molar-refractivity contribution in [3.63, 3.8) is 0 Å². The van der Waals surface area contributed by atoms with Gasteiger partial charge in [-0.15, -0.1) is 0 Å². The molecule has 0 amide bonds. The van der Waals surface area contributed by atoms with Crippen molar-refractivity contribution in [3.8, 4) is 0 Å². The summed E-state index contributed by atoms with van der Waals surface area (Å²) in [5.74, 6) is -2.23. The lowest BCUT2D eigenvalue weighted by Crippen LogP contribution is -2.29. The summed E-state index contributed by atoms with van der Waals surface area (Å²) in [6.07, 6.45) is 26.5. The van der Waals surface area contributed by atoms with Gasteiger partial charge >= 0.3 is 19.8 Å². The van der Waals surface area contributed by atoms with Gasteiger partial charge in [-0.1, -0.05) is 148 Å². The van der Waals surface area contributed by atoms with E-state index >= 15 is 0 Å². The third-order valence-electron chi connectivity index (χ3n) is 7.98. The van der Waals surface area contributed by atoms with E-state index in [2.05, 4.69) is 35.0 Å². The summed E-state index contributed by atoms with van der Waals surface area (Å²) in [4.78, 5) is 35.5. The molecule has 0 aliphatic rings. The molecular weight excluding hydrogens is 629 g/mol.